The molecule has 228 valence electrons. The highest BCUT2D eigenvalue weighted by atomic mass is 32.2. The Labute approximate surface area is 248 Å². The van der Waals surface area contributed by atoms with E-state index in [-0.39, 0.29) is 17.4 Å². The number of amides is 1. The van der Waals surface area contributed by atoms with Crippen LogP contribution in [0.15, 0.2) is 42.7 Å². The first-order valence-corrected chi connectivity index (χ1v) is 16.7. The molecule has 2 saturated heterocycles. The highest BCUT2D eigenvalue weighted by Crippen LogP contribution is 2.42. The fourth-order valence-electron chi connectivity index (χ4n) is 5.49. The number of aromatic nitrogens is 2. The number of hydrogen-bond donors (Lipinski definition) is 0. The number of likely N-dealkylation sites (tertiary alicyclic amines) is 1. The molecule has 0 bridgehead atoms. The number of carbonyl (C=O) groups is 1. The van der Waals surface area contributed by atoms with Crippen molar-refractivity contribution in [3.8, 4) is 5.88 Å². The number of rotatable bonds is 11. The van der Waals surface area contributed by atoms with Gasteiger partial charge in [0.15, 0.2) is 0 Å². The average molecular weight is 600 g/mol. The fourth-order valence-corrected chi connectivity index (χ4v) is 7.42. The van der Waals surface area contributed by atoms with Crippen LogP contribution in [0.3, 0.4) is 0 Å². The van der Waals surface area contributed by atoms with Crippen molar-refractivity contribution in [3.63, 3.8) is 0 Å². The first-order valence-electron chi connectivity index (χ1n) is 15.0. The summed E-state index contributed by atoms with van der Waals surface area (Å²) in [7, 11) is -3.43. The Hall–Kier alpha value is -2.96. The van der Waals surface area contributed by atoms with Gasteiger partial charge in [-0.3, -0.25) is 0 Å². The van der Waals surface area contributed by atoms with E-state index in [1.807, 2.05) is 37.3 Å². The van der Waals surface area contributed by atoms with E-state index in [2.05, 4.69) is 14.9 Å². The molecular weight excluding hydrogens is 558 g/mol. The minimum Gasteiger partial charge on any atom is -0.476 e. The Morgan fingerprint density at radius 2 is 1.67 bits per heavy atom. The molecule has 2 aromatic rings. The van der Waals surface area contributed by atoms with Gasteiger partial charge >= 0.3 is 6.09 Å². The highest BCUT2D eigenvalue weighted by Gasteiger charge is 2.49. The molecule has 2 aliphatic heterocycles. The van der Waals surface area contributed by atoms with E-state index < -0.39 is 15.6 Å². The first kappa shape index (κ1) is 29.1. The van der Waals surface area contributed by atoms with Gasteiger partial charge in [-0.1, -0.05) is 30.3 Å². The maximum atomic E-state index is 13.2. The van der Waals surface area contributed by atoms with E-state index in [0.29, 0.717) is 70.1 Å². The molecule has 0 N–H and O–H groups in total. The molecule has 42 heavy (non-hydrogen) atoms. The van der Waals surface area contributed by atoms with E-state index >= 15 is 0 Å². The molecule has 0 unspecified atom stereocenters. The number of anilines is 1. The summed E-state index contributed by atoms with van der Waals surface area (Å²) in [5.74, 6) is 1.55. The number of benzene rings is 1. The summed E-state index contributed by atoms with van der Waals surface area (Å²) in [5.41, 5.74) is 0.241. The summed E-state index contributed by atoms with van der Waals surface area (Å²) in [5, 5.41) is 0. The Morgan fingerprint density at radius 1 is 0.952 bits per heavy atom. The Morgan fingerprint density at radius 3 is 2.29 bits per heavy atom. The summed E-state index contributed by atoms with van der Waals surface area (Å²) in [6.07, 6.45) is 8.30. The van der Waals surface area contributed by atoms with Gasteiger partial charge in [0.05, 0.1) is 37.0 Å². The van der Waals surface area contributed by atoms with E-state index in [1.165, 1.54) is 0 Å². The van der Waals surface area contributed by atoms with Gasteiger partial charge < -0.3 is 24.0 Å². The SMILES string of the molecule is CC1(OC(=O)N2CCC(COc3cnc(N4CCN(S(=O)(=O)CC5(OCc6ccccc6)CC5)CC4)cn3)CC2)CC1. The third-order valence-corrected chi connectivity index (χ3v) is 10.9. The fraction of sp³-hybridized carbons (Fsp3) is 0.633. The van der Waals surface area contributed by atoms with Gasteiger partial charge in [-0.2, -0.15) is 4.31 Å². The van der Waals surface area contributed by atoms with Crippen molar-refractivity contribution in [3.05, 3.63) is 48.3 Å². The summed E-state index contributed by atoms with van der Waals surface area (Å²) < 4.78 is 45.6. The predicted octanol–water partition coefficient (Wildman–Crippen LogP) is 3.46. The van der Waals surface area contributed by atoms with Crippen molar-refractivity contribution in [2.75, 3.05) is 56.5 Å². The van der Waals surface area contributed by atoms with Crippen LogP contribution in [0.2, 0.25) is 0 Å². The Bertz CT molecular complexity index is 1320. The zero-order valence-electron chi connectivity index (χ0n) is 24.3. The minimum absolute atomic E-state index is 0.0290. The number of ether oxygens (including phenoxy) is 3. The highest BCUT2D eigenvalue weighted by molar-refractivity contribution is 7.89. The second-order valence-electron chi connectivity index (χ2n) is 12.4. The molecule has 0 atom stereocenters. The van der Waals surface area contributed by atoms with Gasteiger partial charge in [0, 0.05) is 39.3 Å². The van der Waals surface area contributed by atoms with E-state index in [1.54, 1.807) is 21.6 Å². The van der Waals surface area contributed by atoms with Crippen molar-refractivity contribution < 1.29 is 27.4 Å². The minimum atomic E-state index is -3.43. The van der Waals surface area contributed by atoms with Gasteiger partial charge in [0.1, 0.15) is 11.4 Å². The smallest absolute Gasteiger partial charge is 0.410 e. The molecule has 1 aromatic carbocycles. The van der Waals surface area contributed by atoms with Gasteiger partial charge in [-0.05, 0) is 56.9 Å². The number of piperazine rings is 1. The molecule has 11 nitrogen and oxygen atoms in total. The molecule has 0 spiro atoms. The molecule has 4 fully saturated rings. The van der Waals surface area contributed by atoms with Crippen molar-refractivity contribution in [1.82, 2.24) is 19.2 Å². The van der Waals surface area contributed by atoms with E-state index in [0.717, 1.165) is 44.1 Å². The average Bonchev–Trinajstić information content (AvgIpc) is 3.94. The predicted molar refractivity (Wildman–Crippen MR) is 157 cm³/mol. The largest absolute Gasteiger partial charge is 0.476 e. The lowest BCUT2D eigenvalue weighted by Crippen LogP contribution is -2.50. The monoisotopic (exact) mass is 599 g/mol. The van der Waals surface area contributed by atoms with Crippen molar-refractivity contribution >= 4 is 21.9 Å². The van der Waals surface area contributed by atoms with Crippen LogP contribution in [-0.2, 0) is 26.1 Å². The molecule has 3 heterocycles. The summed E-state index contributed by atoms with van der Waals surface area (Å²) in [4.78, 5) is 25.1. The van der Waals surface area contributed by atoms with Crippen LogP contribution in [0.25, 0.3) is 0 Å². The molecule has 2 saturated carbocycles. The van der Waals surface area contributed by atoms with Crippen LogP contribution in [0.4, 0.5) is 10.6 Å². The van der Waals surface area contributed by atoms with Crippen LogP contribution in [0.5, 0.6) is 5.88 Å². The molecular formula is C30H41N5O6S. The van der Waals surface area contributed by atoms with Gasteiger partial charge in [0.25, 0.3) is 0 Å². The molecule has 4 aliphatic rings. The number of nitrogens with zero attached hydrogens (tertiary/aromatic N) is 5. The van der Waals surface area contributed by atoms with E-state index in [4.69, 9.17) is 14.2 Å². The summed E-state index contributed by atoms with van der Waals surface area (Å²) >= 11 is 0. The van der Waals surface area contributed by atoms with Gasteiger partial charge in [-0.25, -0.2) is 23.2 Å². The molecule has 2 aliphatic carbocycles. The van der Waals surface area contributed by atoms with Crippen LogP contribution >= 0.6 is 0 Å². The Balaban J connectivity index is 0.914. The van der Waals surface area contributed by atoms with Crippen molar-refractivity contribution in [1.29, 1.82) is 0 Å². The number of carbonyl (C=O) groups excluding carboxylic acids is 1. The third-order valence-electron chi connectivity index (χ3n) is 8.84. The summed E-state index contributed by atoms with van der Waals surface area (Å²) in [6, 6.07) is 9.86. The van der Waals surface area contributed by atoms with Crippen LogP contribution in [-0.4, -0.2) is 96.5 Å². The molecule has 6 rings (SSSR count). The molecule has 12 heteroatoms. The normalized spacial score (nSPS) is 22.0. The number of piperidine rings is 1. The lowest BCUT2D eigenvalue weighted by atomic mass is 9.98. The number of hydrogen-bond acceptors (Lipinski definition) is 9. The van der Waals surface area contributed by atoms with Crippen LogP contribution in [0, 0.1) is 5.92 Å². The second-order valence-corrected chi connectivity index (χ2v) is 14.3. The zero-order chi connectivity index (χ0) is 29.2. The topological polar surface area (TPSA) is 114 Å². The quantitative estimate of drug-likeness (QED) is 0.383. The zero-order valence-corrected chi connectivity index (χ0v) is 25.1. The Kier molecular flexibility index (Phi) is 8.30. The lowest BCUT2D eigenvalue weighted by molar-refractivity contribution is 0.0349. The summed E-state index contributed by atoms with van der Waals surface area (Å²) in [6.45, 7) is 6.20. The molecule has 1 amide bonds. The van der Waals surface area contributed by atoms with Crippen LogP contribution < -0.4 is 9.64 Å². The lowest BCUT2D eigenvalue weighted by Gasteiger charge is -2.35. The van der Waals surface area contributed by atoms with Crippen LogP contribution in [0.1, 0.15) is 51.0 Å². The van der Waals surface area contributed by atoms with Gasteiger partial charge in [-0.15, -0.1) is 0 Å². The first-order chi connectivity index (χ1) is 20.2. The molecule has 0 radical (unpaired) electrons. The number of sulfonamides is 1. The van der Waals surface area contributed by atoms with Gasteiger partial charge in [0.2, 0.25) is 15.9 Å². The van der Waals surface area contributed by atoms with Crippen molar-refractivity contribution in [2.24, 2.45) is 5.92 Å². The molecule has 1 aromatic heterocycles. The standard InChI is InChI=1S/C30H41N5O6S/c1-29(9-10-29)41-28(36)34-13-7-25(8-14-34)21-39-27-20-31-26(19-32-27)33-15-17-35(18-16-33)42(37,38)23-30(11-12-30)40-22-24-5-3-2-4-6-24/h2-6,19-20,25H,7-18,21-23H2,1H3. The second kappa shape index (κ2) is 12.0. The maximum Gasteiger partial charge on any atom is 0.410 e. The van der Waals surface area contributed by atoms with Crippen molar-refractivity contribution in [2.45, 2.75) is 63.3 Å². The third kappa shape index (κ3) is 7.33. The maximum absolute atomic E-state index is 13.2. The van der Waals surface area contributed by atoms with E-state index in [9.17, 15) is 13.2 Å².